The molecule has 1 aliphatic rings. The molecule has 3 rings (SSSR count). The van der Waals surface area contributed by atoms with Crippen molar-refractivity contribution in [2.24, 2.45) is 0 Å². The summed E-state index contributed by atoms with van der Waals surface area (Å²) < 4.78 is 6.50. The predicted molar refractivity (Wildman–Crippen MR) is 78.1 cm³/mol. The van der Waals surface area contributed by atoms with E-state index in [0.717, 1.165) is 16.7 Å². The number of phenolic OH excluding ortho intramolecular Hbond substituents is 1. The highest BCUT2D eigenvalue weighted by Gasteiger charge is 2.30. The first-order valence-corrected chi connectivity index (χ1v) is 7.10. The Balaban J connectivity index is 2.06. The summed E-state index contributed by atoms with van der Waals surface area (Å²) in [5.41, 5.74) is 2.55. The van der Waals surface area contributed by atoms with Crippen molar-refractivity contribution in [3.63, 3.8) is 0 Å². The second kappa shape index (κ2) is 5.28. The molecule has 20 heavy (non-hydrogen) atoms. The van der Waals surface area contributed by atoms with Gasteiger partial charge < -0.3 is 9.84 Å². The molecule has 100 valence electrons. The molecular formula is C16H12BrNO2. The smallest absolute Gasteiger partial charge is 0.170 e. The minimum Gasteiger partial charge on any atom is -0.506 e. The van der Waals surface area contributed by atoms with Crippen LogP contribution in [0.1, 0.15) is 28.9 Å². The molecule has 2 aromatic carbocycles. The van der Waals surface area contributed by atoms with Crippen molar-refractivity contribution in [3.05, 3.63) is 63.6 Å². The summed E-state index contributed by atoms with van der Waals surface area (Å²) in [6.45, 7) is 0. The molecule has 0 saturated heterocycles. The Morgan fingerprint density at radius 3 is 2.65 bits per heavy atom. The van der Waals surface area contributed by atoms with Crippen LogP contribution in [0.2, 0.25) is 0 Å². The van der Waals surface area contributed by atoms with Gasteiger partial charge in [0.25, 0.3) is 0 Å². The summed E-state index contributed by atoms with van der Waals surface area (Å²) >= 11 is 3.32. The second-order valence-corrected chi connectivity index (χ2v) is 5.57. The topological polar surface area (TPSA) is 53.2 Å². The van der Waals surface area contributed by atoms with Gasteiger partial charge in [-0.3, -0.25) is 0 Å². The van der Waals surface area contributed by atoms with Crippen LogP contribution in [-0.4, -0.2) is 5.11 Å². The van der Waals surface area contributed by atoms with Gasteiger partial charge in [-0.25, -0.2) is 0 Å². The number of aromatic hydroxyl groups is 1. The average molecular weight is 330 g/mol. The van der Waals surface area contributed by atoms with Gasteiger partial charge in [-0.1, -0.05) is 36.4 Å². The maximum Gasteiger partial charge on any atom is 0.170 e. The summed E-state index contributed by atoms with van der Waals surface area (Å²) in [5.74, 6) is 0.201. The van der Waals surface area contributed by atoms with Crippen LogP contribution in [0.3, 0.4) is 0 Å². The van der Waals surface area contributed by atoms with Crippen LogP contribution in [0.4, 0.5) is 0 Å². The molecule has 2 atom stereocenters. The van der Waals surface area contributed by atoms with E-state index in [2.05, 4.69) is 22.0 Å². The molecule has 0 unspecified atom stereocenters. The number of halogens is 1. The lowest BCUT2D eigenvalue weighted by molar-refractivity contribution is 0.00190. The standard InChI is InChI=1S/C16H12BrNO2/c17-13-7-6-11-12(16(13)19)8-14(20-15(11)9-18)10-4-2-1-3-5-10/h1-7,14-15,19H,8H2/t14-,15+/m1/s1. The van der Waals surface area contributed by atoms with Gasteiger partial charge in [0.15, 0.2) is 6.10 Å². The Labute approximate surface area is 125 Å². The molecule has 0 radical (unpaired) electrons. The summed E-state index contributed by atoms with van der Waals surface area (Å²) in [4.78, 5) is 0. The first-order chi connectivity index (χ1) is 9.70. The summed E-state index contributed by atoms with van der Waals surface area (Å²) in [6.07, 6.45) is -0.306. The van der Waals surface area contributed by atoms with Crippen LogP contribution in [0, 0.1) is 11.3 Å². The Morgan fingerprint density at radius 2 is 1.95 bits per heavy atom. The molecule has 0 amide bonds. The number of hydrogen-bond acceptors (Lipinski definition) is 3. The minimum atomic E-state index is -0.650. The molecule has 0 aromatic heterocycles. The van der Waals surface area contributed by atoms with E-state index in [-0.39, 0.29) is 11.9 Å². The Kier molecular flexibility index (Phi) is 3.47. The van der Waals surface area contributed by atoms with Gasteiger partial charge in [-0.05, 0) is 27.6 Å². The van der Waals surface area contributed by atoms with Crippen molar-refractivity contribution >= 4 is 15.9 Å². The van der Waals surface area contributed by atoms with E-state index < -0.39 is 6.10 Å². The largest absolute Gasteiger partial charge is 0.506 e. The molecule has 3 nitrogen and oxygen atoms in total. The fourth-order valence-corrected chi connectivity index (χ4v) is 2.89. The zero-order chi connectivity index (χ0) is 14.1. The van der Waals surface area contributed by atoms with Crippen LogP contribution in [-0.2, 0) is 11.2 Å². The fraction of sp³-hybridized carbons (Fsp3) is 0.188. The Morgan fingerprint density at radius 1 is 1.20 bits per heavy atom. The maximum absolute atomic E-state index is 10.2. The third-order valence-corrected chi connectivity index (χ3v) is 4.17. The third kappa shape index (κ3) is 2.20. The van der Waals surface area contributed by atoms with Gasteiger partial charge in [0.2, 0.25) is 0 Å². The first-order valence-electron chi connectivity index (χ1n) is 6.31. The molecule has 4 heteroatoms. The zero-order valence-corrected chi connectivity index (χ0v) is 12.2. The van der Waals surface area contributed by atoms with E-state index in [4.69, 9.17) is 4.74 Å². The zero-order valence-electron chi connectivity index (χ0n) is 10.6. The van der Waals surface area contributed by atoms with Crippen LogP contribution in [0.15, 0.2) is 46.9 Å². The lowest BCUT2D eigenvalue weighted by atomic mass is 9.91. The number of hydrogen-bond donors (Lipinski definition) is 1. The van der Waals surface area contributed by atoms with Crippen LogP contribution in [0.5, 0.6) is 5.75 Å². The average Bonchev–Trinajstić information content (AvgIpc) is 2.51. The van der Waals surface area contributed by atoms with E-state index in [1.807, 2.05) is 36.4 Å². The van der Waals surface area contributed by atoms with Crippen LogP contribution < -0.4 is 0 Å². The quantitative estimate of drug-likeness (QED) is 0.859. The molecule has 1 N–H and O–H groups in total. The van der Waals surface area contributed by atoms with E-state index in [1.165, 1.54) is 0 Å². The first kappa shape index (κ1) is 13.2. The fourth-order valence-electron chi connectivity index (χ4n) is 2.52. The SMILES string of the molecule is N#C[C@@H]1O[C@@H](c2ccccc2)Cc2c1ccc(Br)c2O. The van der Waals surface area contributed by atoms with E-state index >= 15 is 0 Å². The highest BCUT2D eigenvalue weighted by molar-refractivity contribution is 9.10. The molecule has 0 aliphatic carbocycles. The lowest BCUT2D eigenvalue weighted by Crippen LogP contribution is -2.19. The van der Waals surface area contributed by atoms with Crippen molar-refractivity contribution < 1.29 is 9.84 Å². The van der Waals surface area contributed by atoms with Crippen LogP contribution in [0.25, 0.3) is 0 Å². The maximum atomic E-state index is 10.2. The van der Waals surface area contributed by atoms with Gasteiger partial charge in [0.1, 0.15) is 5.75 Å². The number of nitrogens with zero attached hydrogens (tertiary/aromatic N) is 1. The molecule has 0 spiro atoms. The number of fused-ring (bicyclic) bond motifs is 1. The molecule has 2 aromatic rings. The molecule has 0 saturated carbocycles. The van der Waals surface area contributed by atoms with Crippen molar-refractivity contribution in [2.75, 3.05) is 0 Å². The van der Waals surface area contributed by atoms with E-state index in [0.29, 0.717) is 10.9 Å². The normalized spacial score (nSPS) is 21.0. The van der Waals surface area contributed by atoms with E-state index in [1.54, 1.807) is 6.07 Å². The predicted octanol–water partition coefficient (Wildman–Crippen LogP) is 4.03. The van der Waals surface area contributed by atoms with Crippen molar-refractivity contribution in [2.45, 2.75) is 18.6 Å². The van der Waals surface area contributed by atoms with Crippen LogP contribution >= 0.6 is 15.9 Å². The van der Waals surface area contributed by atoms with Gasteiger partial charge >= 0.3 is 0 Å². The number of nitriles is 1. The number of benzene rings is 2. The monoisotopic (exact) mass is 329 g/mol. The summed E-state index contributed by atoms with van der Waals surface area (Å²) in [7, 11) is 0. The van der Waals surface area contributed by atoms with Crippen molar-refractivity contribution in [1.29, 1.82) is 5.26 Å². The van der Waals surface area contributed by atoms with E-state index in [9.17, 15) is 10.4 Å². The number of rotatable bonds is 1. The highest BCUT2D eigenvalue weighted by atomic mass is 79.9. The van der Waals surface area contributed by atoms with Gasteiger partial charge in [0, 0.05) is 17.5 Å². The van der Waals surface area contributed by atoms with Crippen molar-refractivity contribution in [3.8, 4) is 11.8 Å². The van der Waals surface area contributed by atoms with Gasteiger partial charge in [-0.15, -0.1) is 0 Å². The third-order valence-electron chi connectivity index (χ3n) is 3.53. The molecule has 1 aliphatic heterocycles. The minimum absolute atomic E-state index is 0.201. The summed E-state index contributed by atoms with van der Waals surface area (Å²) in [5, 5.41) is 19.5. The lowest BCUT2D eigenvalue weighted by Gasteiger charge is -2.29. The second-order valence-electron chi connectivity index (χ2n) is 4.71. The van der Waals surface area contributed by atoms with Gasteiger partial charge in [-0.2, -0.15) is 5.26 Å². The molecular weight excluding hydrogens is 318 g/mol. The van der Waals surface area contributed by atoms with Gasteiger partial charge in [0.05, 0.1) is 16.6 Å². The molecule has 0 bridgehead atoms. The highest BCUT2D eigenvalue weighted by Crippen LogP contribution is 2.43. The molecule has 0 fully saturated rings. The number of ether oxygens (including phenoxy) is 1. The molecule has 1 heterocycles. The van der Waals surface area contributed by atoms with Crippen molar-refractivity contribution in [1.82, 2.24) is 0 Å². The summed E-state index contributed by atoms with van der Waals surface area (Å²) in [6, 6.07) is 15.5. The Hall–Kier alpha value is -1.83. The Bertz CT molecular complexity index is 679. The number of phenols is 1.